The van der Waals surface area contributed by atoms with Crippen LogP contribution in [0.4, 0.5) is 4.53 Å². The Morgan fingerprint density at radius 3 is 2.00 bits per heavy atom. The highest BCUT2D eigenvalue weighted by Gasteiger charge is 2.12. The molecule has 0 aromatic rings. The number of phosphoric acid groups is 1. The van der Waals surface area contributed by atoms with Gasteiger partial charge in [0.2, 0.25) is 0 Å². The molecule has 0 radical (unpaired) electrons. The Hall–Kier alpha value is 0.770. The van der Waals surface area contributed by atoms with Gasteiger partial charge in [-0.25, -0.2) is 4.57 Å². The lowest BCUT2D eigenvalue weighted by Crippen LogP contribution is -1.71. The summed E-state index contributed by atoms with van der Waals surface area (Å²) in [4.78, 5) is 14.7. The lowest BCUT2D eigenvalue weighted by molar-refractivity contribution is -0.0389. The van der Waals surface area contributed by atoms with E-state index in [1.54, 1.807) is 0 Å². The van der Waals surface area contributed by atoms with Crippen molar-refractivity contribution in [3.8, 4) is 0 Å². The second kappa shape index (κ2) is 9.85. The van der Waals surface area contributed by atoms with E-state index in [-0.39, 0.29) is 0 Å². The first-order valence-corrected chi connectivity index (χ1v) is 6.45. The van der Waals surface area contributed by atoms with Gasteiger partial charge in [0, 0.05) is 0 Å². The van der Waals surface area contributed by atoms with E-state index in [9.17, 15) is 4.53 Å². The molecule has 0 heterocycles. The molecule has 4 nitrogen and oxygen atoms in total. The number of alkyl halides is 1. The Kier molecular flexibility index (Phi) is 12.5. The summed E-state index contributed by atoms with van der Waals surface area (Å²) in [5.41, 5.74) is 0. The number of hydrogen-bond donors (Lipinski definition) is 2. The minimum absolute atomic E-state index is 1.32. The van der Waals surface area contributed by atoms with Crippen LogP contribution in [0.25, 0.3) is 0 Å². The third kappa shape index (κ3) is 22.4. The zero-order valence-corrected chi connectivity index (χ0v) is 9.79. The van der Waals surface area contributed by atoms with Crippen LogP contribution in [0.15, 0.2) is 0 Å². The van der Waals surface area contributed by atoms with Crippen LogP contribution in [0.3, 0.4) is 0 Å². The fourth-order valence-electron chi connectivity index (χ4n) is 0.344. The first kappa shape index (κ1) is 15.3. The van der Waals surface area contributed by atoms with E-state index < -0.39 is 7.82 Å². The Bertz CT molecular complexity index is 125. The molecule has 7 heteroatoms. The number of rotatable bonds is 4. The van der Waals surface area contributed by atoms with E-state index in [2.05, 4.69) is 34.2 Å². The summed E-state index contributed by atoms with van der Waals surface area (Å²) in [6.45, 7) is 2.23. The van der Waals surface area contributed by atoms with Gasteiger partial charge in [-0.05, 0) is 15.4 Å². The molecule has 0 aliphatic carbocycles. The molecule has 0 saturated heterocycles. The Balaban J connectivity index is 0. The summed E-state index contributed by atoms with van der Waals surface area (Å²) < 4.78 is 22.8. The number of hydrogen-bond acceptors (Lipinski definition) is 2. The average molecular weight is 314 g/mol. The van der Waals surface area contributed by atoms with E-state index in [0.717, 1.165) is 0 Å². The van der Waals surface area contributed by atoms with Gasteiger partial charge in [0.15, 0.2) is 0 Å². The van der Waals surface area contributed by atoms with Crippen molar-refractivity contribution in [3.05, 3.63) is 0 Å². The molecule has 76 valence electrons. The normalized spacial score (nSPS) is 10.4. The quantitative estimate of drug-likeness (QED) is 0.362. The minimum Gasteiger partial charge on any atom is -0.301 e. The maximum Gasteiger partial charge on any atom is 0.500 e. The van der Waals surface area contributed by atoms with Crippen molar-refractivity contribution in [2.24, 2.45) is 0 Å². The van der Waals surface area contributed by atoms with Crippen LogP contribution < -0.4 is 0 Å². The van der Waals surface area contributed by atoms with Crippen LogP contribution in [0.5, 0.6) is 0 Å². The average Bonchev–Trinajstić information content (AvgIpc) is 2.01. The van der Waals surface area contributed by atoms with Crippen LogP contribution in [0.2, 0.25) is 0 Å². The predicted molar refractivity (Wildman–Crippen MR) is 52.6 cm³/mol. The van der Waals surface area contributed by atoms with E-state index in [1.165, 1.54) is 23.7 Å². The zero-order valence-electron chi connectivity index (χ0n) is 6.74. The fraction of sp³-hybridized carbons (Fsp3) is 1.00. The topological polar surface area (TPSA) is 66.8 Å². The molecule has 0 atom stereocenters. The minimum atomic E-state index is -4.81. The van der Waals surface area contributed by atoms with Gasteiger partial charge in [0.1, 0.15) is 0 Å². The molecule has 0 aliphatic rings. The van der Waals surface area contributed by atoms with Crippen LogP contribution >= 0.6 is 30.4 Å². The molecule has 0 saturated carbocycles. The summed E-state index contributed by atoms with van der Waals surface area (Å²) in [6, 6.07) is 0. The molecular weight excluding hydrogens is 301 g/mol. The molecule has 0 fully saturated rings. The Labute approximate surface area is 84.8 Å². The largest absolute Gasteiger partial charge is 0.500 e. The van der Waals surface area contributed by atoms with Crippen LogP contribution in [-0.4, -0.2) is 14.2 Å². The lowest BCUT2D eigenvalue weighted by Gasteiger charge is -1.87. The molecule has 0 bridgehead atoms. The standard InChI is InChI=1S/C5H11I.FH2O4P/c1-2-3-4-5-6;1-5-6(2,3)4/h2-5H2,1H3;(H2,2,3,4). The molecule has 0 spiro atoms. The smallest absolute Gasteiger partial charge is 0.301 e. The SMILES string of the molecule is CCCCCI.O=P(O)(O)OF. The van der Waals surface area contributed by atoms with Gasteiger partial charge in [0.25, 0.3) is 0 Å². The molecule has 12 heavy (non-hydrogen) atoms. The van der Waals surface area contributed by atoms with Crippen LogP contribution in [0.1, 0.15) is 26.2 Å². The van der Waals surface area contributed by atoms with E-state index in [1.807, 2.05) is 0 Å². The number of halogens is 2. The van der Waals surface area contributed by atoms with Crippen molar-refractivity contribution in [1.82, 2.24) is 0 Å². The second-order valence-electron chi connectivity index (χ2n) is 1.96. The van der Waals surface area contributed by atoms with Gasteiger partial charge in [-0.1, -0.05) is 47.1 Å². The summed E-state index contributed by atoms with van der Waals surface area (Å²) in [6.07, 6.45) is 4.16. The van der Waals surface area contributed by atoms with E-state index in [4.69, 9.17) is 14.4 Å². The lowest BCUT2D eigenvalue weighted by atomic mass is 10.3. The summed E-state index contributed by atoms with van der Waals surface area (Å²) in [5, 5.41) is 0. The third-order valence-electron chi connectivity index (χ3n) is 0.827. The molecule has 2 N–H and O–H groups in total. The number of unbranched alkanes of at least 4 members (excludes halogenated alkanes) is 2. The summed E-state index contributed by atoms with van der Waals surface area (Å²) in [7, 11) is -4.81. The van der Waals surface area contributed by atoms with Gasteiger partial charge in [0.05, 0.1) is 0 Å². The predicted octanol–water partition coefficient (Wildman–Crippen LogP) is 2.59. The van der Waals surface area contributed by atoms with E-state index in [0.29, 0.717) is 0 Å². The summed E-state index contributed by atoms with van der Waals surface area (Å²) >= 11 is 2.41. The Morgan fingerprint density at radius 1 is 1.50 bits per heavy atom. The summed E-state index contributed by atoms with van der Waals surface area (Å²) in [5.74, 6) is 0. The van der Waals surface area contributed by atoms with Gasteiger partial charge in [-0.3, -0.25) is 0 Å². The molecule has 0 rings (SSSR count). The van der Waals surface area contributed by atoms with Crippen molar-refractivity contribution >= 4 is 30.4 Å². The maximum atomic E-state index is 10.2. The fourth-order valence-corrected chi connectivity index (χ4v) is 0.884. The molecular formula is C5H13FIO4P. The zero-order chi connectivity index (χ0) is 10.0. The van der Waals surface area contributed by atoms with Crippen molar-refractivity contribution in [2.45, 2.75) is 26.2 Å². The van der Waals surface area contributed by atoms with E-state index >= 15 is 0 Å². The molecule has 0 aromatic carbocycles. The Morgan fingerprint density at radius 2 is 1.92 bits per heavy atom. The van der Waals surface area contributed by atoms with Gasteiger partial charge in [-0.15, -0.1) is 0 Å². The third-order valence-corrected chi connectivity index (χ3v) is 1.77. The highest BCUT2D eigenvalue weighted by atomic mass is 127. The van der Waals surface area contributed by atoms with Gasteiger partial charge >= 0.3 is 7.82 Å². The van der Waals surface area contributed by atoms with Gasteiger partial charge < -0.3 is 9.79 Å². The first-order chi connectivity index (χ1) is 5.47. The van der Waals surface area contributed by atoms with Gasteiger partial charge in [-0.2, -0.15) is 0 Å². The molecule has 0 amide bonds. The second-order valence-corrected chi connectivity index (χ2v) is 4.15. The molecule has 0 aliphatic heterocycles. The van der Waals surface area contributed by atoms with Crippen LogP contribution in [-0.2, 0) is 9.29 Å². The highest BCUT2D eigenvalue weighted by Crippen LogP contribution is 2.35. The maximum absolute atomic E-state index is 10.2. The highest BCUT2D eigenvalue weighted by molar-refractivity contribution is 14.1. The molecule has 0 aromatic heterocycles. The van der Waals surface area contributed by atoms with Crippen molar-refractivity contribution in [1.29, 1.82) is 0 Å². The van der Waals surface area contributed by atoms with Crippen molar-refractivity contribution < 1.29 is 23.6 Å². The van der Waals surface area contributed by atoms with Crippen molar-refractivity contribution in [2.75, 3.05) is 4.43 Å². The monoisotopic (exact) mass is 314 g/mol. The van der Waals surface area contributed by atoms with Crippen LogP contribution in [0, 0.1) is 0 Å². The molecule has 0 unspecified atom stereocenters. The van der Waals surface area contributed by atoms with Crippen molar-refractivity contribution in [3.63, 3.8) is 0 Å². The first-order valence-electron chi connectivity index (χ1n) is 3.39.